The van der Waals surface area contributed by atoms with Crippen molar-refractivity contribution >= 4 is 46.3 Å². The van der Waals surface area contributed by atoms with Gasteiger partial charge >= 0.3 is 11.8 Å². The van der Waals surface area contributed by atoms with Gasteiger partial charge in [0.1, 0.15) is 23.4 Å². The molecule has 0 aromatic heterocycles. The zero-order chi connectivity index (χ0) is 44.3. The molecular weight excluding hydrogens is 776 g/mol. The van der Waals surface area contributed by atoms with Gasteiger partial charge in [0.15, 0.2) is 10.8 Å². The van der Waals surface area contributed by atoms with E-state index in [-0.39, 0.29) is 22.4 Å². The number of nitro groups is 1. The fourth-order valence-corrected chi connectivity index (χ4v) is 7.14. The predicted octanol–water partition coefficient (Wildman–Crippen LogP) is 3.18. The summed E-state index contributed by atoms with van der Waals surface area (Å²) >= 11 is 0. The van der Waals surface area contributed by atoms with Crippen LogP contribution in [0.4, 0.5) is 5.69 Å². The van der Waals surface area contributed by atoms with Gasteiger partial charge in [-0.25, -0.2) is 10.1 Å². The maximum absolute atomic E-state index is 14.3. The van der Waals surface area contributed by atoms with E-state index in [4.69, 9.17) is 24.7 Å². The Morgan fingerprint density at radius 2 is 1.69 bits per heavy atom. The van der Waals surface area contributed by atoms with Crippen LogP contribution in [0.5, 0.6) is 23.0 Å². The molecule has 20 nitrogen and oxygen atoms in total. The second-order valence-electron chi connectivity index (χ2n) is 14.7. The molecule has 3 aliphatic rings. The average molecular weight is 827 g/mol. The van der Waals surface area contributed by atoms with Crippen molar-refractivity contribution in [3.8, 4) is 23.0 Å². The number of phenolic OH excluding ortho intramolecular Hbond substituents is 3. The van der Waals surface area contributed by atoms with Crippen molar-refractivity contribution in [2.75, 3.05) is 12.4 Å². The molecule has 3 aliphatic heterocycles. The Morgan fingerprint density at radius 1 is 1.03 bits per heavy atom. The van der Waals surface area contributed by atoms with Crippen LogP contribution in [0.15, 0.2) is 46.3 Å². The molecule has 9 atom stereocenters. The maximum atomic E-state index is 14.3. The first-order chi connectivity index (χ1) is 27.6. The van der Waals surface area contributed by atoms with Gasteiger partial charge in [-0.15, -0.1) is 5.10 Å². The molecule has 20 heteroatoms. The fourth-order valence-electron chi connectivity index (χ4n) is 7.14. The number of allylic oxidation sites excluding steroid dienone is 2. The van der Waals surface area contributed by atoms with Gasteiger partial charge < -0.3 is 55.5 Å². The molecule has 3 heterocycles. The number of amides is 1. The highest BCUT2D eigenvalue weighted by molar-refractivity contribution is 6.23. The number of rotatable bonds is 5. The quantitative estimate of drug-likeness (QED) is 0.0408. The van der Waals surface area contributed by atoms with Gasteiger partial charge in [-0.1, -0.05) is 51.3 Å². The Labute approximate surface area is 338 Å². The first-order valence-corrected chi connectivity index (χ1v) is 18.4. The van der Waals surface area contributed by atoms with E-state index in [0.29, 0.717) is 0 Å². The molecule has 59 heavy (non-hydrogen) atoms. The first-order valence-electron chi connectivity index (χ1n) is 18.4. The van der Waals surface area contributed by atoms with Crippen LogP contribution in [0.1, 0.15) is 70.0 Å². The topological polar surface area (TPSA) is 307 Å². The van der Waals surface area contributed by atoms with Gasteiger partial charge in [0, 0.05) is 61.2 Å². The summed E-state index contributed by atoms with van der Waals surface area (Å²) in [4.78, 5) is 51.0. The molecule has 0 spiro atoms. The van der Waals surface area contributed by atoms with Gasteiger partial charge in [-0.05, 0) is 19.9 Å². The number of aliphatic hydroxyl groups is 2. The maximum Gasteiger partial charge on any atom is 0.312 e. The number of carbonyl (C=O) groups excluding carboxylic acids is 3. The molecule has 0 fully saturated rings. The summed E-state index contributed by atoms with van der Waals surface area (Å²) in [5.74, 6) is -10.4. The number of fused-ring (bicyclic) bond motifs is 14. The summed E-state index contributed by atoms with van der Waals surface area (Å²) in [6.07, 6.45) is 3.73. The minimum atomic E-state index is -2.15. The van der Waals surface area contributed by atoms with E-state index in [1.165, 1.54) is 53.0 Å². The van der Waals surface area contributed by atoms with Crippen molar-refractivity contribution < 1.29 is 63.9 Å². The molecule has 5 rings (SSSR count). The van der Waals surface area contributed by atoms with Crippen molar-refractivity contribution in [2.24, 2.45) is 39.6 Å². The second kappa shape index (κ2) is 18.1. The van der Waals surface area contributed by atoms with Crippen LogP contribution in [0, 0.1) is 40.7 Å². The number of ether oxygens (including phenoxy) is 4. The number of carbonyl (C=O) groups is 3. The number of phenols is 3. The van der Waals surface area contributed by atoms with Gasteiger partial charge in [0.2, 0.25) is 0 Å². The molecular formula is C39H50N6O14. The Hall–Kier alpha value is -6.25. The molecule has 0 saturated heterocycles. The number of aromatic hydroxyl groups is 3. The smallest absolute Gasteiger partial charge is 0.312 e. The van der Waals surface area contributed by atoms with Crippen LogP contribution in [0.25, 0.3) is 10.8 Å². The number of benzene rings is 2. The number of nitrogens with two attached hydrogens (primary N) is 1. The Balaban J connectivity index is 1.99. The molecule has 9 unspecified atom stereocenters. The van der Waals surface area contributed by atoms with Crippen molar-refractivity contribution in [3.63, 3.8) is 0 Å². The number of hydrogen-bond donors (Lipinski definition) is 8. The van der Waals surface area contributed by atoms with E-state index >= 15 is 0 Å². The third-order valence-corrected chi connectivity index (χ3v) is 10.6. The number of hydrogen-bond acceptors (Lipinski definition) is 16. The minimum absolute atomic E-state index is 0.0447. The lowest BCUT2D eigenvalue weighted by molar-refractivity contribution is -0.525. The van der Waals surface area contributed by atoms with Crippen molar-refractivity contribution in [1.82, 2.24) is 5.43 Å². The lowest BCUT2D eigenvalue weighted by Crippen LogP contribution is -2.46. The number of hydrazine groups is 1. The van der Waals surface area contributed by atoms with Gasteiger partial charge in [-0.3, -0.25) is 14.4 Å². The molecule has 2 aromatic rings. The van der Waals surface area contributed by atoms with E-state index in [2.05, 4.69) is 15.5 Å². The SMILES string of the molecule is COC1/C=C/OC2(C)Oc3c(C)c(O)c4c(O)c(c(/C=N/N=C(N)N[N+](=O)[O-])c(O)c4c3C2=O)NC(=O)/C(C)=C\C=C\C(C)C(O)C(C)C(O)C(C)C(OC(C)=O)C1C. The molecule has 0 radical (unpaired) electrons. The van der Waals surface area contributed by atoms with E-state index in [1.54, 1.807) is 39.2 Å². The lowest BCUT2D eigenvalue weighted by Gasteiger charge is -2.38. The summed E-state index contributed by atoms with van der Waals surface area (Å²) in [5, 5.41) is 76.2. The molecule has 9 N–H and O–H groups in total. The van der Waals surface area contributed by atoms with Crippen LogP contribution in [0.3, 0.4) is 0 Å². The number of Topliss-reactive ketones (excluding diaryl/α,β-unsaturated/α-hetero) is 1. The predicted molar refractivity (Wildman–Crippen MR) is 213 cm³/mol. The van der Waals surface area contributed by atoms with E-state index < -0.39 is 122 Å². The normalized spacial score (nSPS) is 30.3. The van der Waals surface area contributed by atoms with Crippen molar-refractivity contribution in [2.45, 2.75) is 85.6 Å². The van der Waals surface area contributed by atoms with Crippen molar-refractivity contribution in [3.05, 3.63) is 62.9 Å². The molecule has 320 valence electrons. The highest BCUT2D eigenvalue weighted by atomic mass is 16.7. The fraction of sp³-hybridized carbons (Fsp3) is 0.462. The number of guanidine groups is 1. The second-order valence-corrected chi connectivity index (χ2v) is 14.7. The minimum Gasteiger partial charge on any atom is -0.507 e. The summed E-state index contributed by atoms with van der Waals surface area (Å²) in [6.45, 7) is 12.0. The number of esters is 1. The van der Waals surface area contributed by atoms with E-state index in [1.807, 2.05) is 0 Å². The Bertz CT molecular complexity index is 2170. The Kier molecular flexibility index (Phi) is 14.0. The standard InChI is InChI=1S/C39H50N6O14/c1-16-11-10-12-17(2)37(53)42-28-23(15-41-43-38(40)44-45(54)55)32(50)25-26(33(28)51)31(49)21(6)35-27(25)36(52)39(8,59-35)57-14-13-24(56-9)18(3)34(58-22(7)46)20(5)30(48)19(4)29(16)47/h10-16,18-20,24,29-30,34,47-51H,1-9H3,(H,42,53)(H3,40,43,44)/b11-10+,14-13+,17-12-,41-15+. The van der Waals surface area contributed by atoms with E-state index in [0.717, 1.165) is 12.5 Å². The number of ketones is 1. The summed E-state index contributed by atoms with van der Waals surface area (Å²) in [6, 6.07) is 0. The number of anilines is 1. The lowest BCUT2D eigenvalue weighted by atomic mass is 9.78. The van der Waals surface area contributed by atoms with Gasteiger partial charge in [0.05, 0.1) is 53.0 Å². The molecule has 2 aromatic carbocycles. The van der Waals surface area contributed by atoms with Gasteiger partial charge in [0.25, 0.3) is 17.6 Å². The van der Waals surface area contributed by atoms with Crippen LogP contribution < -0.4 is 21.2 Å². The average Bonchev–Trinajstić information content (AvgIpc) is 3.43. The highest BCUT2D eigenvalue weighted by Gasteiger charge is 2.50. The largest absolute Gasteiger partial charge is 0.507 e. The molecule has 1 amide bonds. The first kappa shape index (κ1) is 45.5. The van der Waals surface area contributed by atoms with Gasteiger partial charge in [-0.2, -0.15) is 5.10 Å². The van der Waals surface area contributed by atoms with Crippen LogP contribution in [0.2, 0.25) is 0 Å². The van der Waals surface area contributed by atoms with Crippen LogP contribution >= 0.6 is 0 Å². The summed E-state index contributed by atoms with van der Waals surface area (Å²) in [7, 11) is 1.39. The third kappa shape index (κ3) is 9.24. The van der Waals surface area contributed by atoms with Crippen molar-refractivity contribution in [1.29, 1.82) is 0 Å². The monoisotopic (exact) mass is 826 g/mol. The summed E-state index contributed by atoms with van der Waals surface area (Å²) in [5.41, 5.74) is 5.72. The number of methoxy groups -OCH3 is 1. The zero-order valence-corrected chi connectivity index (χ0v) is 33.9. The zero-order valence-electron chi connectivity index (χ0n) is 33.9. The van der Waals surface area contributed by atoms with E-state index in [9.17, 15) is 50.0 Å². The number of aliphatic hydroxyl groups excluding tert-OH is 2. The summed E-state index contributed by atoms with van der Waals surface area (Å²) < 4.78 is 23.3. The molecule has 0 saturated carbocycles. The van der Waals surface area contributed by atoms with Crippen LogP contribution in [-0.2, 0) is 23.8 Å². The molecule has 0 aliphatic carbocycles. The highest BCUT2D eigenvalue weighted by Crippen LogP contribution is 2.55. The number of nitrogens with one attached hydrogen (secondary N) is 2. The third-order valence-electron chi connectivity index (χ3n) is 10.6. The Morgan fingerprint density at radius 3 is 2.31 bits per heavy atom. The molecule has 5 bridgehead atoms. The van der Waals surface area contributed by atoms with Crippen LogP contribution in [-0.4, -0.2) is 97.7 Å². The number of nitrogens with zero attached hydrogens (tertiary/aromatic N) is 3.